The van der Waals surface area contributed by atoms with Crippen molar-refractivity contribution in [1.29, 1.82) is 0 Å². The van der Waals surface area contributed by atoms with Crippen molar-refractivity contribution in [1.82, 2.24) is 4.90 Å². The number of carbonyl (C=O) groups is 2. The molecule has 0 N–H and O–H groups in total. The van der Waals surface area contributed by atoms with Crippen LogP contribution in [0.5, 0.6) is 0 Å². The molecule has 2 aromatic rings. The van der Waals surface area contributed by atoms with E-state index < -0.39 is 11.7 Å². The van der Waals surface area contributed by atoms with Crippen LogP contribution in [0, 0.1) is 5.82 Å². The van der Waals surface area contributed by atoms with Crippen LogP contribution in [-0.2, 0) is 14.3 Å². The Morgan fingerprint density at radius 1 is 1.07 bits per heavy atom. The number of ether oxygens (including phenoxy) is 1. The molecule has 2 aliphatic heterocycles. The third-order valence-corrected chi connectivity index (χ3v) is 5.52. The van der Waals surface area contributed by atoms with Gasteiger partial charge in [-0.1, -0.05) is 35.9 Å². The van der Waals surface area contributed by atoms with Crippen LogP contribution in [0.2, 0.25) is 5.02 Å². The van der Waals surface area contributed by atoms with Gasteiger partial charge in [0.25, 0.3) is 0 Å². The molecule has 2 fully saturated rings. The molecule has 2 aromatic carbocycles. The quantitative estimate of drug-likeness (QED) is 0.736. The van der Waals surface area contributed by atoms with Crippen molar-refractivity contribution in [3.8, 4) is 11.1 Å². The molecule has 4 rings (SSSR count). The molecule has 2 atom stereocenters. The van der Waals surface area contributed by atoms with E-state index in [2.05, 4.69) is 0 Å². The Bertz CT molecular complexity index is 883. The number of benzene rings is 2. The van der Waals surface area contributed by atoms with Crippen molar-refractivity contribution >= 4 is 23.3 Å². The number of hydrogen-bond acceptors (Lipinski definition) is 3. The van der Waals surface area contributed by atoms with Gasteiger partial charge in [0.15, 0.2) is 5.78 Å². The Balaban J connectivity index is 1.61. The van der Waals surface area contributed by atoms with E-state index in [0.29, 0.717) is 54.3 Å². The van der Waals surface area contributed by atoms with Gasteiger partial charge in [0.2, 0.25) is 5.91 Å². The number of nitrogens with zero attached hydrogens (tertiary/aromatic N) is 1. The van der Waals surface area contributed by atoms with Crippen molar-refractivity contribution in [2.75, 3.05) is 19.8 Å². The summed E-state index contributed by atoms with van der Waals surface area (Å²) in [6, 6.07) is 11.4. The van der Waals surface area contributed by atoms with Gasteiger partial charge in [0.05, 0.1) is 6.61 Å². The number of rotatable bonds is 2. The summed E-state index contributed by atoms with van der Waals surface area (Å²) in [5.74, 6) is -1.42. The largest absolute Gasteiger partial charge is 0.380 e. The van der Waals surface area contributed by atoms with Gasteiger partial charge in [-0.05, 0) is 35.7 Å². The lowest BCUT2D eigenvalue weighted by Gasteiger charge is -2.37. The summed E-state index contributed by atoms with van der Waals surface area (Å²) < 4.78 is 19.6. The number of ketones is 1. The van der Waals surface area contributed by atoms with Gasteiger partial charge < -0.3 is 9.64 Å². The Kier molecular flexibility index (Phi) is 4.98. The zero-order chi connectivity index (χ0) is 19.0. The molecule has 0 spiro atoms. The highest BCUT2D eigenvalue weighted by molar-refractivity contribution is 6.30. The monoisotopic (exact) mass is 387 g/mol. The Morgan fingerprint density at radius 2 is 1.85 bits per heavy atom. The molecule has 0 radical (unpaired) electrons. The number of amides is 1. The van der Waals surface area contributed by atoms with Gasteiger partial charge >= 0.3 is 0 Å². The molecule has 27 heavy (non-hydrogen) atoms. The van der Waals surface area contributed by atoms with E-state index in [1.807, 2.05) is 0 Å². The number of carbonyl (C=O) groups excluding carboxylic acids is 2. The van der Waals surface area contributed by atoms with Gasteiger partial charge in [0.1, 0.15) is 11.7 Å². The van der Waals surface area contributed by atoms with Crippen molar-refractivity contribution in [2.45, 2.75) is 24.8 Å². The zero-order valence-electron chi connectivity index (χ0n) is 14.7. The van der Waals surface area contributed by atoms with Crippen LogP contribution >= 0.6 is 11.6 Å². The standard InChI is InChI=1S/C21H19ClFNO3/c22-15-5-6-17(18(23)11-15)13-1-3-14(4-2-13)20-19(25)12-16-7-9-27-10-8-24(16)21(20)26/h1-6,11,16,20H,7-10,12H2. The smallest absolute Gasteiger partial charge is 0.237 e. The summed E-state index contributed by atoms with van der Waals surface area (Å²) in [6.07, 6.45) is 1.05. The molecule has 2 heterocycles. The Labute approximate surface area is 161 Å². The van der Waals surface area contributed by atoms with Gasteiger partial charge in [-0.15, -0.1) is 0 Å². The van der Waals surface area contributed by atoms with Crippen molar-refractivity contribution in [2.24, 2.45) is 0 Å². The minimum atomic E-state index is -0.788. The minimum Gasteiger partial charge on any atom is -0.380 e. The highest BCUT2D eigenvalue weighted by atomic mass is 35.5. The van der Waals surface area contributed by atoms with Crippen molar-refractivity contribution in [3.05, 3.63) is 58.9 Å². The van der Waals surface area contributed by atoms with Gasteiger partial charge in [0, 0.05) is 36.2 Å². The maximum absolute atomic E-state index is 14.1. The molecule has 2 aliphatic rings. The van der Waals surface area contributed by atoms with Crippen LogP contribution in [0.1, 0.15) is 24.3 Å². The van der Waals surface area contributed by atoms with E-state index >= 15 is 0 Å². The number of halogens is 2. The fourth-order valence-corrected chi connectivity index (χ4v) is 4.04. The molecule has 140 valence electrons. The number of Topliss-reactive ketones (excluding diaryl/α,β-unsaturated/α-hetero) is 1. The predicted molar refractivity (Wildman–Crippen MR) is 100 cm³/mol. The lowest BCUT2D eigenvalue weighted by Crippen LogP contribution is -2.51. The molecule has 1 amide bonds. The lowest BCUT2D eigenvalue weighted by atomic mass is 9.84. The summed E-state index contributed by atoms with van der Waals surface area (Å²) in [5.41, 5.74) is 1.74. The SMILES string of the molecule is O=C1CC2CCOCCN2C(=O)C1c1ccc(-c2ccc(Cl)cc2F)cc1. The maximum atomic E-state index is 14.1. The normalized spacial score (nSPS) is 23.1. The number of piperidine rings is 1. The molecule has 0 bridgehead atoms. The fraction of sp³-hybridized carbons (Fsp3) is 0.333. The van der Waals surface area contributed by atoms with Crippen LogP contribution < -0.4 is 0 Å². The minimum absolute atomic E-state index is 0.0615. The van der Waals surface area contributed by atoms with Crippen LogP contribution in [0.3, 0.4) is 0 Å². The molecule has 0 saturated carbocycles. The van der Waals surface area contributed by atoms with E-state index in [1.165, 1.54) is 6.07 Å². The average molecular weight is 388 g/mol. The van der Waals surface area contributed by atoms with E-state index in [1.54, 1.807) is 41.3 Å². The van der Waals surface area contributed by atoms with Crippen LogP contribution in [-0.4, -0.2) is 42.4 Å². The van der Waals surface area contributed by atoms with Crippen LogP contribution in [0.15, 0.2) is 42.5 Å². The topological polar surface area (TPSA) is 46.6 Å². The fourth-order valence-electron chi connectivity index (χ4n) is 3.89. The second kappa shape index (κ2) is 7.41. The zero-order valence-corrected chi connectivity index (χ0v) is 15.4. The van der Waals surface area contributed by atoms with Crippen molar-refractivity contribution < 1.29 is 18.7 Å². The summed E-state index contributed by atoms with van der Waals surface area (Å²) in [4.78, 5) is 27.4. The van der Waals surface area contributed by atoms with Gasteiger partial charge in [-0.2, -0.15) is 0 Å². The summed E-state index contributed by atoms with van der Waals surface area (Å²) in [6.45, 7) is 1.59. The molecular weight excluding hydrogens is 369 g/mol. The highest BCUT2D eigenvalue weighted by Crippen LogP contribution is 2.32. The first-order chi connectivity index (χ1) is 13.0. The van der Waals surface area contributed by atoms with E-state index in [0.717, 1.165) is 0 Å². The van der Waals surface area contributed by atoms with E-state index in [-0.39, 0.29) is 17.7 Å². The summed E-state index contributed by atoms with van der Waals surface area (Å²) >= 11 is 5.80. The molecule has 2 unspecified atom stereocenters. The van der Waals surface area contributed by atoms with Gasteiger partial charge in [-0.25, -0.2) is 4.39 Å². The molecule has 2 saturated heterocycles. The van der Waals surface area contributed by atoms with Crippen molar-refractivity contribution in [3.63, 3.8) is 0 Å². The second-order valence-corrected chi connectivity index (χ2v) is 7.37. The van der Waals surface area contributed by atoms with E-state index in [9.17, 15) is 14.0 Å². The molecule has 0 aliphatic carbocycles. The third kappa shape index (κ3) is 3.49. The molecule has 6 heteroatoms. The molecule has 4 nitrogen and oxygen atoms in total. The van der Waals surface area contributed by atoms with Gasteiger partial charge in [-0.3, -0.25) is 9.59 Å². The highest BCUT2D eigenvalue weighted by Gasteiger charge is 2.42. The summed E-state index contributed by atoms with van der Waals surface area (Å²) in [7, 11) is 0. The predicted octanol–water partition coefficient (Wildman–Crippen LogP) is 3.82. The van der Waals surface area contributed by atoms with Crippen LogP contribution in [0.4, 0.5) is 4.39 Å². The first kappa shape index (κ1) is 18.1. The second-order valence-electron chi connectivity index (χ2n) is 6.94. The Morgan fingerprint density at radius 3 is 2.59 bits per heavy atom. The van der Waals surface area contributed by atoms with Crippen LogP contribution in [0.25, 0.3) is 11.1 Å². The molecule has 0 aromatic heterocycles. The third-order valence-electron chi connectivity index (χ3n) is 5.29. The maximum Gasteiger partial charge on any atom is 0.237 e. The van der Waals surface area contributed by atoms with E-state index in [4.69, 9.17) is 16.3 Å². The average Bonchev–Trinajstić information content (AvgIpc) is 2.88. The molecular formula is C21H19ClFNO3. The first-order valence-corrected chi connectivity index (χ1v) is 9.39. The number of hydrogen-bond donors (Lipinski definition) is 0. The lowest BCUT2D eigenvalue weighted by molar-refractivity contribution is -0.145. The first-order valence-electron chi connectivity index (χ1n) is 9.01. The Hall–Kier alpha value is -2.24. The number of fused-ring (bicyclic) bond motifs is 1. The summed E-state index contributed by atoms with van der Waals surface area (Å²) in [5, 5.41) is 0.335.